The first-order valence-corrected chi connectivity index (χ1v) is 9.27. The highest BCUT2D eigenvalue weighted by Gasteiger charge is 2.04. The van der Waals surface area contributed by atoms with Gasteiger partial charge < -0.3 is 19.9 Å². The first-order valence-electron chi connectivity index (χ1n) is 9.27. The predicted molar refractivity (Wildman–Crippen MR) is 122 cm³/mol. The highest BCUT2D eigenvalue weighted by Crippen LogP contribution is 2.20. The van der Waals surface area contributed by atoms with Crippen molar-refractivity contribution in [3.8, 4) is 5.75 Å². The van der Waals surface area contributed by atoms with Gasteiger partial charge in [0.15, 0.2) is 5.96 Å². The van der Waals surface area contributed by atoms with Gasteiger partial charge in [0, 0.05) is 37.6 Å². The van der Waals surface area contributed by atoms with E-state index >= 15 is 0 Å². The minimum absolute atomic E-state index is 0. The number of unbranched alkanes of at least 4 members (excludes halogenated alkanes) is 1. The molecule has 6 nitrogen and oxygen atoms in total. The number of hydrogen-bond donors (Lipinski definition) is 2. The number of nitrogens with zero attached hydrogens (tertiary/aromatic N) is 3. The van der Waals surface area contributed by atoms with E-state index in [2.05, 4.69) is 51.2 Å². The maximum absolute atomic E-state index is 5.46. The lowest BCUT2D eigenvalue weighted by atomic mass is 10.1. The van der Waals surface area contributed by atoms with Gasteiger partial charge in [-0.25, -0.2) is 9.98 Å². The molecule has 0 spiro atoms. The van der Waals surface area contributed by atoms with E-state index in [1.807, 2.05) is 25.4 Å². The number of rotatable bonds is 9. The molecule has 1 heterocycles. The van der Waals surface area contributed by atoms with Gasteiger partial charge in [0.1, 0.15) is 11.6 Å². The number of methoxy groups -OCH3 is 1. The van der Waals surface area contributed by atoms with E-state index in [4.69, 9.17) is 4.74 Å². The van der Waals surface area contributed by atoms with Crippen molar-refractivity contribution in [3.63, 3.8) is 0 Å². The topological polar surface area (TPSA) is 63.5 Å². The first kappa shape index (κ1) is 23.3. The standard InChI is InChI=1S/C20H31N5O.HI/c1-5-21-20(23-10-6-7-12-25-13-11-22-17(25)3)24-15-18-9-8-16(2)14-19(18)26-4;/h8-9,11,13-14H,5-7,10,12,15H2,1-4H3,(H2,21,23,24);1H. The van der Waals surface area contributed by atoms with Crippen molar-refractivity contribution in [2.75, 3.05) is 20.2 Å². The van der Waals surface area contributed by atoms with Crippen LogP contribution >= 0.6 is 24.0 Å². The molecule has 1 aromatic heterocycles. The summed E-state index contributed by atoms with van der Waals surface area (Å²) in [7, 11) is 1.70. The predicted octanol–water partition coefficient (Wildman–Crippen LogP) is 3.66. The van der Waals surface area contributed by atoms with Gasteiger partial charge in [-0.1, -0.05) is 12.1 Å². The molecule has 0 saturated carbocycles. The average molecular weight is 485 g/mol. The largest absolute Gasteiger partial charge is 0.496 e. The highest BCUT2D eigenvalue weighted by atomic mass is 127. The number of ether oxygens (including phenoxy) is 1. The molecule has 0 amide bonds. The summed E-state index contributed by atoms with van der Waals surface area (Å²) in [5.41, 5.74) is 2.28. The maximum atomic E-state index is 5.46. The fourth-order valence-electron chi connectivity index (χ4n) is 2.74. The van der Waals surface area contributed by atoms with Crippen LogP contribution in [0.5, 0.6) is 5.75 Å². The number of nitrogens with one attached hydrogen (secondary N) is 2. The minimum atomic E-state index is 0. The van der Waals surface area contributed by atoms with Crippen LogP contribution in [-0.4, -0.2) is 35.7 Å². The third-order valence-electron chi connectivity index (χ3n) is 4.24. The summed E-state index contributed by atoms with van der Waals surface area (Å²) in [6, 6.07) is 6.21. The minimum Gasteiger partial charge on any atom is -0.496 e. The molecule has 1 aromatic carbocycles. The van der Waals surface area contributed by atoms with Crippen molar-refractivity contribution in [3.05, 3.63) is 47.5 Å². The van der Waals surface area contributed by atoms with Crippen LogP contribution < -0.4 is 15.4 Å². The Hall–Kier alpha value is -1.77. The van der Waals surface area contributed by atoms with Crippen LogP contribution in [0.3, 0.4) is 0 Å². The first-order chi connectivity index (χ1) is 12.6. The Bertz CT molecular complexity index is 714. The Morgan fingerprint density at radius 1 is 1.22 bits per heavy atom. The average Bonchev–Trinajstić information content (AvgIpc) is 3.04. The molecule has 2 aromatic rings. The summed E-state index contributed by atoms with van der Waals surface area (Å²) >= 11 is 0. The van der Waals surface area contributed by atoms with Crippen molar-refractivity contribution in [1.29, 1.82) is 0 Å². The maximum Gasteiger partial charge on any atom is 0.191 e. The third-order valence-corrected chi connectivity index (χ3v) is 4.24. The van der Waals surface area contributed by atoms with Gasteiger partial charge in [-0.2, -0.15) is 0 Å². The van der Waals surface area contributed by atoms with Crippen LogP contribution in [0.2, 0.25) is 0 Å². The summed E-state index contributed by atoms with van der Waals surface area (Å²) in [5, 5.41) is 6.71. The molecule has 0 radical (unpaired) electrons. The number of aliphatic imine (C=N–C) groups is 1. The van der Waals surface area contributed by atoms with Crippen molar-refractivity contribution in [2.24, 2.45) is 4.99 Å². The highest BCUT2D eigenvalue weighted by molar-refractivity contribution is 14.0. The lowest BCUT2D eigenvalue weighted by Crippen LogP contribution is -2.37. The molecule has 0 bridgehead atoms. The van der Waals surface area contributed by atoms with Crippen molar-refractivity contribution in [1.82, 2.24) is 20.2 Å². The van der Waals surface area contributed by atoms with Crippen LogP contribution in [0.25, 0.3) is 0 Å². The smallest absolute Gasteiger partial charge is 0.191 e. The number of benzene rings is 1. The molecule has 0 unspecified atom stereocenters. The van der Waals surface area contributed by atoms with Crippen LogP contribution in [0.1, 0.15) is 36.7 Å². The molecule has 27 heavy (non-hydrogen) atoms. The lowest BCUT2D eigenvalue weighted by Gasteiger charge is -2.13. The van der Waals surface area contributed by atoms with E-state index in [0.717, 1.165) is 55.6 Å². The molecule has 0 saturated heterocycles. The third kappa shape index (κ3) is 7.78. The normalized spacial score (nSPS) is 11.0. The van der Waals surface area contributed by atoms with Gasteiger partial charge in [0.05, 0.1) is 13.7 Å². The molecule has 0 fully saturated rings. The number of imidazole rings is 1. The molecule has 2 N–H and O–H groups in total. The molecular weight excluding hydrogens is 453 g/mol. The van der Waals surface area contributed by atoms with Gasteiger partial charge in [-0.3, -0.25) is 0 Å². The van der Waals surface area contributed by atoms with E-state index in [-0.39, 0.29) is 24.0 Å². The number of hydrogen-bond acceptors (Lipinski definition) is 3. The van der Waals surface area contributed by atoms with Gasteiger partial charge >= 0.3 is 0 Å². The Morgan fingerprint density at radius 2 is 2.04 bits per heavy atom. The quantitative estimate of drug-likeness (QED) is 0.246. The van der Waals surface area contributed by atoms with Gasteiger partial charge in [0.25, 0.3) is 0 Å². The van der Waals surface area contributed by atoms with Crippen LogP contribution in [0.4, 0.5) is 0 Å². The van der Waals surface area contributed by atoms with Crippen LogP contribution in [0.15, 0.2) is 35.6 Å². The Morgan fingerprint density at radius 3 is 2.70 bits per heavy atom. The zero-order valence-corrected chi connectivity index (χ0v) is 19.1. The summed E-state index contributed by atoms with van der Waals surface area (Å²) in [6.45, 7) is 9.50. The second-order valence-corrected chi connectivity index (χ2v) is 6.31. The second-order valence-electron chi connectivity index (χ2n) is 6.31. The number of guanidine groups is 1. The van der Waals surface area contributed by atoms with E-state index in [1.165, 1.54) is 5.56 Å². The van der Waals surface area contributed by atoms with Crippen molar-refractivity contribution in [2.45, 2.75) is 46.7 Å². The summed E-state index contributed by atoms with van der Waals surface area (Å²) in [5.74, 6) is 2.80. The van der Waals surface area contributed by atoms with Crippen molar-refractivity contribution >= 4 is 29.9 Å². The van der Waals surface area contributed by atoms with Crippen molar-refractivity contribution < 1.29 is 4.74 Å². The SMILES string of the molecule is CCNC(=NCc1ccc(C)cc1OC)NCCCCn1ccnc1C.I. The van der Waals surface area contributed by atoms with E-state index in [9.17, 15) is 0 Å². The van der Waals surface area contributed by atoms with E-state index in [1.54, 1.807) is 7.11 Å². The number of halogens is 1. The summed E-state index contributed by atoms with van der Waals surface area (Å²) in [6.07, 6.45) is 6.07. The van der Waals surface area contributed by atoms with Gasteiger partial charge in [-0.05, 0) is 45.2 Å². The Kier molecular flexibility index (Phi) is 10.8. The molecule has 2 rings (SSSR count). The fraction of sp³-hybridized carbons (Fsp3) is 0.500. The van der Waals surface area contributed by atoms with E-state index in [0.29, 0.717) is 6.54 Å². The Balaban J connectivity index is 0.00000364. The van der Waals surface area contributed by atoms with Gasteiger partial charge in [0.2, 0.25) is 0 Å². The zero-order valence-electron chi connectivity index (χ0n) is 16.8. The Labute approximate surface area is 179 Å². The van der Waals surface area contributed by atoms with E-state index < -0.39 is 0 Å². The zero-order chi connectivity index (χ0) is 18.8. The molecule has 0 aliphatic rings. The molecular formula is C20H32IN5O. The second kappa shape index (κ2) is 12.6. The summed E-state index contributed by atoms with van der Waals surface area (Å²) in [4.78, 5) is 8.93. The number of aryl methyl sites for hydroxylation is 3. The van der Waals surface area contributed by atoms with Crippen LogP contribution in [-0.2, 0) is 13.1 Å². The molecule has 7 heteroatoms. The van der Waals surface area contributed by atoms with Crippen LogP contribution in [0, 0.1) is 13.8 Å². The lowest BCUT2D eigenvalue weighted by molar-refractivity contribution is 0.409. The molecule has 0 aliphatic heterocycles. The fourth-order valence-corrected chi connectivity index (χ4v) is 2.74. The van der Waals surface area contributed by atoms with Gasteiger partial charge in [-0.15, -0.1) is 24.0 Å². The summed E-state index contributed by atoms with van der Waals surface area (Å²) < 4.78 is 7.64. The molecule has 150 valence electrons. The monoisotopic (exact) mass is 485 g/mol. The molecule has 0 atom stereocenters. The number of aromatic nitrogens is 2. The molecule has 0 aliphatic carbocycles.